The lowest BCUT2D eigenvalue weighted by Gasteiger charge is -2.05. The Labute approximate surface area is 62.9 Å². The van der Waals surface area contributed by atoms with E-state index in [-0.39, 0.29) is 22.9 Å². The van der Waals surface area contributed by atoms with Crippen LogP contribution in [0, 0.1) is 0 Å². The van der Waals surface area contributed by atoms with Crippen molar-refractivity contribution < 1.29 is 9.59 Å². The van der Waals surface area contributed by atoms with E-state index in [1.807, 2.05) is 12.5 Å². The predicted molar refractivity (Wildman–Crippen MR) is 40.3 cm³/mol. The van der Waals surface area contributed by atoms with Crippen LogP contribution < -0.4 is 0 Å². The molecule has 1 fully saturated rings. The van der Waals surface area contributed by atoms with Crippen molar-refractivity contribution >= 4 is 22.9 Å². The van der Waals surface area contributed by atoms with E-state index in [2.05, 4.69) is 0 Å². The second-order valence-electron chi connectivity index (χ2n) is 2.36. The Morgan fingerprint density at radius 2 is 1.60 bits per heavy atom. The van der Waals surface area contributed by atoms with Crippen molar-refractivity contribution in [2.75, 3.05) is 12.5 Å². The molecule has 0 spiro atoms. The van der Waals surface area contributed by atoms with Crippen LogP contribution >= 0.6 is 0 Å². The molecule has 1 heterocycles. The molecule has 0 saturated carbocycles. The van der Waals surface area contributed by atoms with Gasteiger partial charge in [0.05, 0.1) is 0 Å². The van der Waals surface area contributed by atoms with Crippen LogP contribution in [0.25, 0.3) is 0 Å². The van der Waals surface area contributed by atoms with Gasteiger partial charge in [-0.3, -0.25) is 9.59 Å². The van der Waals surface area contributed by atoms with Crippen LogP contribution in [0.15, 0.2) is 0 Å². The maximum Gasteiger partial charge on any atom is 0.273 e. The minimum Gasteiger partial charge on any atom is -0.270 e. The summed E-state index contributed by atoms with van der Waals surface area (Å²) in [5.74, 6) is -0.0309. The third-order valence-corrected chi connectivity index (χ3v) is 2.51. The van der Waals surface area contributed by atoms with Crippen LogP contribution in [0.4, 0.5) is 0 Å². The van der Waals surface area contributed by atoms with Crippen molar-refractivity contribution in [2.24, 2.45) is 0 Å². The number of hydrogen-bond donors (Lipinski definition) is 0. The molecule has 0 N–H and O–H groups in total. The molecule has 56 valence electrons. The normalized spacial score (nSPS) is 19.3. The Morgan fingerprint density at radius 1 is 1.20 bits per heavy atom. The molecule has 1 aliphatic rings. The fraction of sp³-hybridized carbons (Fsp3) is 0.667. The number of hydrogen-bond acceptors (Lipinski definition) is 2. The summed E-state index contributed by atoms with van der Waals surface area (Å²) in [7, 11) is 0. The molecular formula is C6H10NO2S+. The van der Waals surface area contributed by atoms with E-state index in [1.54, 1.807) is 0 Å². The number of rotatable bonds is 1. The maximum atomic E-state index is 10.9. The largest absolute Gasteiger partial charge is 0.273 e. The number of carbonyl (C=O) groups excluding carboxylic acids is 2. The lowest BCUT2D eigenvalue weighted by Crippen LogP contribution is -2.33. The first-order valence-electron chi connectivity index (χ1n) is 3.06. The van der Waals surface area contributed by atoms with Crippen molar-refractivity contribution in [1.82, 2.24) is 4.31 Å². The SMILES string of the molecule is C[S+](C)N1C(=O)CCC1=O. The number of nitrogens with zero attached hydrogens (tertiary/aromatic N) is 1. The fourth-order valence-electron chi connectivity index (χ4n) is 0.963. The molecule has 2 amide bonds. The highest BCUT2D eigenvalue weighted by atomic mass is 32.2. The average molecular weight is 160 g/mol. The van der Waals surface area contributed by atoms with E-state index in [9.17, 15) is 9.59 Å². The van der Waals surface area contributed by atoms with Gasteiger partial charge in [0.25, 0.3) is 11.8 Å². The second kappa shape index (κ2) is 2.62. The Balaban J connectivity index is 2.72. The van der Waals surface area contributed by atoms with Gasteiger partial charge in [-0.2, -0.15) is 0 Å². The molecular weight excluding hydrogens is 150 g/mol. The molecule has 0 atom stereocenters. The maximum absolute atomic E-state index is 10.9. The van der Waals surface area contributed by atoms with E-state index in [0.717, 1.165) is 0 Å². The molecule has 0 aromatic carbocycles. The average Bonchev–Trinajstić information content (AvgIpc) is 2.11. The van der Waals surface area contributed by atoms with Crippen LogP contribution in [0.3, 0.4) is 0 Å². The monoisotopic (exact) mass is 160 g/mol. The Hall–Kier alpha value is -0.510. The molecule has 0 radical (unpaired) electrons. The van der Waals surface area contributed by atoms with Crippen molar-refractivity contribution in [3.63, 3.8) is 0 Å². The molecule has 1 aliphatic heterocycles. The second-order valence-corrected chi connectivity index (χ2v) is 4.27. The molecule has 0 bridgehead atoms. The van der Waals surface area contributed by atoms with Gasteiger partial charge in [-0.05, 0) is 0 Å². The van der Waals surface area contributed by atoms with Crippen molar-refractivity contribution in [3.8, 4) is 0 Å². The van der Waals surface area contributed by atoms with Gasteiger partial charge in [0.2, 0.25) is 0 Å². The van der Waals surface area contributed by atoms with Crippen LogP contribution in [0.5, 0.6) is 0 Å². The third-order valence-electron chi connectivity index (χ3n) is 1.37. The zero-order chi connectivity index (χ0) is 7.72. The van der Waals surface area contributed by atoms with E-state index >= 15 is 0 Å². The lowest BCUT2D eigenvalue weighted by molar-refractivity contribution is -0.131. The number of amides is 2. The molecule has 0 aromatic rings. The molecule has 1 rings (SSSR count). The van der Waals surface area contributed by atoms with Crippen LogP contribution in [-0.4, -0.2) is 28.6 Å². The molecule has 4 heteroatoms. The Kier molecular flexibility index (Phi) is 1.99. The first-order chi connectivity index (χ1) is 4.63. The molecule has 3 nitrogen and oxygen atoms in total. The summed E-state index contributed by atoms with van der Waals surface area (Å²) >= 11 is -0.217. The van der Waals surface area contributed by atoms with Crippen molar-refractivity contribution in [3.05, 3.63) is 0 Å². The van der Waals surface area contributed by atoms with Gasteiger partial charge in [0, 0.05) is 12.8 Å². The Morgan fingerprint density at radius 3 is 1.80 bits per heavy atom. The van der Waals surface area contributed by atoms with Gasteiger partial charge in [-0.15, -0.1) is 0 Å². The summed E-state index contributed by atoms with van der Waals surface area (Å²) < 4.78 is 1.36. The van der Waals surface area contributed by atoms with Crippen molar-refractivity contribution in [1.29, 1.82) is 0 Å². The summed E-state index contributed by atoms with van der Waals surface area (Å²) in [6.07, 6.45) is 4.57. The summed E-state index contributed by atoms with van der Waals surface area (Å²) in [5, 5.41) is 0. The highest BCUT2D eigenvalue weighted by molar-refractivity contribution is 7.94. The highest BCUT2D eigenvalue weighted by Gasteiger charge is 2.37. The zero-order valence-corrected chi connectivity index (χ0v) is 6.90. The predicted octanol–water partition coefficient (Wildman–Crippen LogP) is -0.0717. The summed E-state index contributed by atoms with van der Waals surface area (Å²) in [6, 6.07) is 0. The highest BCUT2D eigenvalue weighted by Crippen LogP contribution is 2.14. The minimum atomic E-state index is -0.217. The molecule has 10 heavy (non-hydrogen) atoms. The lowest BCUT2D eigenvalue weighted by atomic mass is 10.4. The third kappa shape index (κ3) is 1.16. The smallest absolute Gasteiger partial charge is 0.270 e. The van der Waals surface area contributed by atoms with Gasteiger partial charge >= 0.3 is 0 Å². The van der Waals surface area contributed by atoms with E-state index in [0.29, 0.717) is 12.8 Å². The topological polar surface area (TPSA) is 37.4 Å². The molecule has 1 saturated heterocycles. The summed E-state index contributed by atoms with van der Waals surface area (Å²) in [6.45, 7) is 0. The fourth-order valence-corrected chi connectivity index (χ4v) is 1.96. The number of imide groups is 1. The first-order valence-corrected chi connectivity index (χ1v) is 5.06. The van der Waals surface area contributed by atoms with Crippen LogP contribution in [-0.2, 0) is 20.7 Å². The quantitative estimate of drug-likeness (QED) is 0.397. The van der Waals surface area contributed by atoms with Crippen LogP contribution in [0.2, 0.25) is 0 Å². The van der Waals surface area contributed by atoms with Gasteiger partial charge in [-0.1, -0.05) is 4.31 Å². The molecule has 0 aliphatic carbocycles. The summed E-state index contributed by atoms with van der Waals surface area (Å²) in [4.78, 5) is 21.9. The van der Waals surface area contributed by atoms with Gasteiger partial charge in [0.15, 0.2) is 0 Å². The van der Waals surface area contributed by atoms with Gasteiger partial charge in [0.1, 0.15) is 23.6 Å². The first kappa shape index (κ1) is 7.60. The van der Waals surface area contributed by atoms with Crippen molar-refractivity contribution in [2.45, 2.75) is 12.8 Å². The van der Waals surface area contributed by atoms with E-state index in [4.69, 9.17) is 0 Å². The van der Waals surface area contributed by atoms with Gasteiger partial charge < -0.3 is 0 Å². The van der Waals surface area contributed by atoms with Crippen LogP contribution in [0.1, 0.15) is 12.8 Å². The van der Waals surface area contributed by atoms with Gasteiger partial charge in [-0.25, -0.2) is 0 Å². The minimum absolute atomic E-state index is 0.0154. The zero-order valence-electron chi connectivity index (χ0n) is 6.09. The summed E-state index contributed by atoms with van der Waals surface area (Å²) in [5.41, 5.74) is 0. The van der Waals surface area contributed by atoms with E-state index in [1.165, 1.54) is 4.31 Å². The molecule has 0 unspecified atom stereocenters. The number of carbonyl (C=O) groups is 2. The Bertz CT molecular complexity index is 163. The molecule has 0 aromatic heterocycles. The van der Waals surface area contributed by atoms with E-state index < -0.39 is 0 Å². The standard InChI is InChI=1S/C6H10NO2S/c1-10(2)7-5(8)3-4-6(7)9/h3-4H2,1-2H3/q+1.